The number of unbranched alkanes of at least 4 members (excludes halogenated alkanes) is 4. The van der Waals surface area contributed by atoms with E-state index in [0.29, 0.717) is 91.1 Å². The average molecular weight is 656 g/mol. The lowest BCUT2D eigenvalue weighted by Crippen LogP contribution is -2.16. The van der Waals surface area contributed by atoms with Crippen molar-refractivity contribution in [3.8, 4) is 0 Å². The highest BCUT2D eigenvalue weighted by Gasteiger charge is 2.19. The third-order valence-corrected chi connectivity index (χ3v) is 8.73. The van der Waals surface area contributed by atoms with E-state index in [9.17, 15) is 29.3 Å². The highest BCUT2D eigenvalue weighted by molar-refractivity contribution is 6.04. The maximum Gasteiger partial charge on any atom is 0.305 e. The number of fused-ring (bicyclic) bond motifs is 4. The molecule has 3 aromatic carbocycles. The van der Waals surface area contributed by atoms with E-state index < -0.39 is 4.92 Å². The Balaban J connectivity index is 1.64. The predicted octanol–water partition coefficient (Wildman–Crippen LogP) is 7.09. The van der Waals surface area contributed by atoms with Crippen LogP contribution in [0.4, 0.5) is 5.69 Å². The van der Waals surface area contributed by atoms with Crippen LogP contribution in [0.15, 0.2) is 58.1 Å². The number of hydrogen-bond acceptors (Lipinski definition) is 8. The fourth-order valence-electron chi connectivity index (χ4n) is 6.44. The number of nitro benzene ring substituents is 1. The van der Waals surface area contributed by atoms with Gasteiger partial charge in [0.2, 0.25) is 0 Å². The van der Waals surface area contributed by atoms with E-state index in [1.165, 1.54) is 12.1 Å². The fourth-order valence-corrected chi connectivity index (χ4v) is 6.44. The molecule has 0 spiro atoms. The number of nitro groups is 1. The molecule has 2 aromatic heterocycles. The molecule has 5 aromatic rings. The van der Waals surface area contributed by atoms with Crippen molar-refractivity contribution in [2.75, 3.05) is 13.2 Å². The highest BCUT2D eigenvalue weighted by Crippen LogP contribution is 2.29. The molecule has 0 saturated carbocycles. The number of carbonyl (C=O) groups is 2. The van der Waals surface area contributed by atoms with Gasteiger partial charge in [-0.3, -0.25) is 29.3 Å². The number of rotatable bonds is 15. The van der Waals surface area contributed by atoms with Gasteiger partial charge in [0.15, 0.2) is 10.9 Å². The van der Waals surface area contributed by atoms with Gasteiger partial charge in [-0.25, -0.2) is 0 Å². The second-order valence-electron chi connectivity index (χ2n) is 12.1. The van der Waals surface area contributed by atoms with Crippen molar-refractivity contribution in [3.05, 3.63) is 84.7 Å². The van der Waals surface area contributed by atoms with Crippen LogP contribution in [0, 0.1) is 17.0 Å². The SMILES string of the molecule is CCOC(=O)CCCCCn1c2ccc(C)cc2c(=O)c2cc3c(cc21)c(=O)c1cc([N+](=O)[O-])ccc1n3CCCCCC(=O)OCC. The topological polar surface area (TPSA) is 140 Å². The summed E-state index contributed by atoms with van der Waals surface area (Å²) in [6, 6.07) is 13.6. The van der Waals surface area contributed by atoms with Crippen LogP contribution in [0.1, 0.15) is 70.8 Å². The minimum absolute atomic E-state index is 0.138. The normalized spacial score (nSPS) is 11.5. The van der Waals surface area contributed by atoms with E-state index in [4.69, 9.17) is 9.47 Å². The van der Waals surface area contributed by atoms with Crippen molar-refractivity contribution in [1.82, 2.24) is 9.13 Å². The lowest BCUT2D eigenvalue weighted by molar-refractivity contribution is -0.384. The summed E-state index contributed by atoms with van der Waals surface area (Å²) in [7, 11) is 0. The summed E-state index contributed by atoms with van der Waals surface area (Å²) >= 11 is 0. The molecule has 11 heteroatoms. The standard InChI is InChI=1S/C37H41N3O8/c1-4-47-34(41)12-8-6-10-18-38-30-16-14-24(3)20-26(30)36(43)28-22-33-29(23-32(28)38)37(44)27-21-25(40(45)46)15-17-31(27)39(33)19-11-7-9-13-35(42)48-5-2/h14-17,20-23H,4-13,18-19H2,1-3H3. The van der Waals surface area contributed by atoms with Crippen LogP contribution in [0.5, 0.6) is 0 Å². The summed E-state index contributed by atoms with van der Waals surface area (Å²) in [6.45, 7) is 7.20. The molecule has 0 saturated heterocycles. The van der Waals surface area contributed by atoms with Crippen molar-refractivity contribution >= 4 is 61.2 Å². The monoisotopic (exact) mass is 655 g/mol. The second-order valence-corrected chi connectivity index (χ2v) is 12.1. The summed E-state index contributed by atoms with van der Waals surface area (Å²) in [5.41, 5.74) is 2.77. The van der Waals surface area contributed by atoms with Gasteiger partial charge in [-0.15, -0.1) is 0 Å². The predicted molar refractivity (Wildman–Crippen MR) is 187 cm³/mol. The quantitative estimate of drug-likeness (QED) is 0.0383. The Morgan fingerprint density at radius 3 is 1.58 bits per heavy atom. The highest BCUT2D eigenvalue weighted by atomic mass is 16.6. The van der Waals surface area contributed by atoms with Crippen molar-refractivity contribution in [2.45, 2.75) is 85.2 Å². The van der Waals surface area contributed by atoms with Crippen molar-refractivity contribution in [1.29, 1.82) is 0 Å². The van der Waals surface area contributed by atoms with E-state index in [-0.39, 0.29) is 33.9 Å². The molecule has 48 heavy (non-hydrogen) atoms. The first-order valence-corrected chi connectivity index (χ1v) is 16.7. The Kier molecular flexibility index (Phi) is 10.9. The molecule has 11 nitrogen and oxygen atoms in total. The summed E-state index contributed by atoms with van der Waals surface area (Å²) in [6.07, 6.45) is 4.86. The minimum Gasteiger partial charge on any atom is -0.466 e. The average Bonchev–Trinajstić information content (AvgIpc) is 3.06. The molecular formula is C37H41N3O8. The Hall–Kier alpha value is -5.06. The van der Waals surface area contributed by atoms with E-state index in [2.05, 4.69) is 4.57 Å². The maximum atomic E-state index is 14.1. The first kappa shape index (κ1) is 34.3. The van der Waals surface area contributed by atoms with E-state index in [0.717, 1.165) is 30.3 Å². The number of nitrogens with zero attached hydrogens (tertiary/aromatic N) is 3. The lowest BCUT2D eigenvalue weighted by Gasteiger charge is -2.19. The van der Waals surface area contributed by atoms with Crippen LogP contribution in [-0.4, -0.2) is 39.2 Å². The lowest BCUT2D eigenvalue weighted by atomic mass is 10.0. The summed E-state index contributed by atoms with van der Waals surface area (Å²) in [4.78, 5) is 63.0. The molecule has 0 aliphatic carbocycles. The van der Waals surface area contributed by atoms with Gasteiger partial charge in [-0.2, -0.15) is 0 Å². The van der Waals surface area contributed by atoms with Gasteiger partial charge in [-0.05, 0) is 76.8 Å². The van der Waals surface area contributed by atoms with Crippen LogP contribution in [0.3, 0.4) is 0 Å². The largest absolute Gasteiger partial charge is 0.466 e. The van der Waals surface area contributed by atoms with Gasteiger partial charge in [-0.1, -0.05) is 24.5 Å². The van der Waals surface area contributed by atoms with Gasteiger partial charge in [0, 0.05) is 54.2 Å². The van der Waals surface area contributed by atoms with Crippen molar-refractivity contribution < 1.29 is 24.0 Å². The Bertz CT molecular complexity index is 2150. The Morgan fingerprint density at radius 1 is 0.646 bits per heavy atom. The first-order valence-electron chi connectivity index (χ1n) is 16.7. The third-order valence-electron chi connectivity index (χ3n) is 8.73. The number of ether oxygens (including phenoxy) is 2. The zero-order chi connectivity index (χ0) is 34.4. The molecule has 0 aliphatic heterocycles. The number of aromatic nitrogens is 2. The maximum absolute atomic E-state index is 14.1. The molecule has 0 unspecified atom stereocenters. The molecule has 0 atom stereocenters. The number of aryl methyl sites for hydroxylation is 3. The first-order chi connectivity index (χ1) is 23.1. The van der Waals surface area contributed by atoms with Crippen molar-refractivity contribution in [2.24, 2.45) is 0 Å². The smallest absolute Gasteiger partial charge is 0.305 e. The summed E-state index contributed by atoms with van der Waals surface area (Å²) in [5, 5.41) is 13.3. The third kappa shape index (κ3) is 7.25. The molecule has 0 aliphatic rings. The van der Waals surface area contributed by atoms with Gasteiger partial charge in [0.25, 0.3) is 5.69 Å². The molecule has 5 rings (SSSR count). The summed E-state index contributed by atoms with van der Waals surface area (Å²) in [5.74, 6) is -0.463. The number of non-ortho nitro benzene ring substituents is 1. The molecular weight excluding hydrogens is 614 g/mol. The zero-order valence-corrected chi connectivity index (χ0v) is 27.7. The van der Waals surface area contributed by atoms with E-state index in [1.807, 2.05) is 29.7 Å². The Labute approximate surface area is 277 Å². The fraction of sp³-hybridized carbons (Fsp3) is 0.405. The summed E-state index contributed by atoms with van der Waals surface area (Å²) < 4.78 is 14.1. The minimum atomic E-state index is -0.517. The molecule has 0 amide bonds. The Morgan fingerprint density at radius 2 is 1.10 bits per heavy atom. The molecule has 0 bridgehead atoms. The van der Waals surface area contributed by atoms with Crippen LogP contribution < -0.4 is 10.9 Å². The molecule has 2 heterocycles. The van der Waals surface area contributed by atoms with E-state index in [1.54, 1.807) is 32.0 Å². The van der Waals surface area contributed by atoms with Gasteiger partial charge in [0.05, 0.1) is 45.6 Å². The molecule has 0 fully saturated rings. The number of benzene rings is 3. The van der Waals surface area contributed by atoms with Gasteiger partial charge in [0.1, 0.15) is 0 Å². The van der Waals surface area contributed by atoms with Crippen LogP contribution in [0.25, 0.3) is 43.6 Å². The van der Waals surface area contributed by atoms with Crippen LogP contribution in [-0.2, 0) is 32.2 Å². The van der Waals surface area contributed by atoms with Crippen LogP contribution in [0.2, 0.25) is 0 Å². The second kappa shape index (κ2) is 15.2. The zero-order valence-electron chi connectivity index (χ0n) is 27.7. The van der Waals surface area contributed by atoms with Gasteiger partial charge >= 0.3 is 11.9 Å². The number of esters is 2. The molecule has 0 radical (unpaired) electrons. The van der Waals surface area contributed by atoms with E-state index >= 15 is 0 Å². The number of carbonyl (C=O) groups excluding carboxylic acids is 2. The van der Waals surface area contributed by atoms with Gasteiger partial charge < -0.3 is 18.6 Å². The van der Waals surface area contributed by atoms with Crippen molar-refractivity contribution in [3.63, 3.8) is 0 Å². The molecule has 0 N–H and O–H groups in total. The number of hydrogen-bond donors (Lipinski definition) is 0. The number of pyridine rings is 2. The van der Waals surface area contributed by atoms with Crippen LogP contribution >= 0.6 is 0 Å². The molecule has 252 valence electrons.